The lowest BCUT2D eigenvalue weighted by atomic mass is 9.93. The van der Waals surface area contributed by atoms with E-state index in [1.165, 1.54) is 30.7 Å². The van der Waals surface area contributed by atoms with E-state index in [1.54, 1.807) is 0 Å². The molecule has 1 saturated carbocycles. The third-order valence-electron chi connectivity index (χ3n) is 2.83. The summed E-state index contributed by atoms with van der Waals surface area (Å²) in [7, 11) is 0. The van der Waals surface area contributed by atoms with E-state index in [0.29, 0.717) is 11.6 Å². The van der Waals surface area contributed by atoms with Crippen molar-refractivity contribution in [2.24, 2.45) is 0 Å². The van der Waals surface area contributed by atoms with Gasteiger partial charge >= 0.3 is 5.97 Å². The number of carboxylic acids is 1. The Labute approximate surface area is 93.3 Å². The third kappa shape index (κ3) is 2.21. The second kappa shape index (κ2) is 4.35. The number of amides is 1. The first kappa shape index (κ1) is 10.7. The predicted octanol–water partition coefficient (Wildman–Crippen LogP) is 1.67. The molecule has 1 aromatic rings. The molecule has 0 saturated heterocycles. The maximum absolute atomic E-state index is 11.7. The molecular weight excluding hydrogens is 206 g/mol. The highest BCUT2D eigenvalue weighted by Crippen LogP contribution is 2.18. The Bertz CT molecular complexity index is 407. The largest absolute Gasteiger partial charge is 0.478 e. The molecule has 1 fully saturated rings. The summed E-state index contributed by atoms with van der Waals surface area (Å²) in [6.07, 6.45) is 3.25. The Morgan fingerprint density at radius 2 is 1.69 bits per heavy atom. The first-order valence-electron chi connectivity index (χ1n) is 5.31. The molecule has 0 unspecified atom stereocenters. The number of carbonyl (C=O) groups is 2. The van der Waals surface area contributed by atoms with Crippen molar-refractivity contribution >= 4 is 11.9 Å². The van der Waals surface area contributed by atoms with Crippen molar-refractivity contribution in [2.75, 3.05) is 0 Å². The van der Waals surface area contributed by atoms with Gasteiger partial charge in [0.2, 0.25) is 0 Å². The molecule has 84 valence electrons. The Balaban J connectivity index is 2.02. The fourth-order valence-electron chi connectivity index (χ4n) is 1.59. The summed E-state index contributed by atoms with van der Waals surface area (Å²) < 4.78 is 0. The SMILES string of the molecule is O=C(O)c1ccc(C(=O)NC2CCC2)cc1. The van der Waals surface area contributed by atoms with Crippen molar-refractivity contribution in [1.29, 1.82) is 0 Å². The first-order valence-corrected chi connectivity index (χ1v) is 5.31. The lowest BCUT2D eigenvalue weighted by Crippen LogP contribution is -2.39. The fraction of sp³-hybridized carbons (Fsp3) is 0.333. The summed E-state index contributed by atoms with van der Waals surface area (Å²) in [4.78, 5) is 22.3. The summed E-state index contributed by atoms with van der Waals surface area (Å²) >= 11 is 0. The molecule has 4 nitrogen and oxygen atoms in total. The van der Waals surface area contributed by atoms with Gasteiger partial charge in [0.15, 0.2) is 0 Å². The molecule has 2 rings (SSSR count). The van der Waals surface area contributed by atoms with E-state index in [0.717, 1.165) is 12.8 Å². The van der Waals surface area contributed by atoms with Crippen LogP contribution >= 0.6 is 0 Å². The number of carbonyl (C=O) groups excluding carboxylic acids is 1. The van der Waals surface area contributed by atoms with Crippen LogP contribution in [-0.2, 0) is 0 Å². The van der Waals surface area contributed by atoms with Crippen LogP contribution in [0.25, 0.3) is 0 Å². The van der Waals surface area contributed by atoms with Crippen LogP contribution in [0.2, 0.25) is 0 Å². The predicted molar refractivity (Wildman–Crippen MR) is 58.5 cm³/mol. The molecule has 1 aliphatic carbocycles. The second-order valence-electron chi connectivity index (χ2n) is 3.98. The van der Waals surface area contributed by atoms with E-state index in [4.69, 9.17) is 5.11 Å². The normalized spacial score (nSPS) is 15.2. The minimum Gasteiger partial charge on any atom is -0.478 e. The summed E-state index contributed by atoms with van der Waals surface area (Å²) in [5.41, 5.74) is 0.706. The quantitative estimate of drug-likeness (QED) is 0.812. The van der Waals surface area contributed by atoms with Crippen LogP contribution in [0.3, 0.4) is 0 Å². The Morgan fingerprint density at radius 1 is 1.12 bits per heavy atom. The molecule has 0 radical (unpaired) electrons. The highest BCUT2D eigenvalue weighted by atomic mass is 16.4. The maximum atomic E-state index is 11.7. The number of carboxylic acid groups (broad SMARTS) is 1. The fourth-order valence-corrected chi connectivity index (χ4v) is 1.59. The van der Waals surface area contributed by atoms with Crippen molar-refractivity contribution in [1.82, 2.24) is 5.32 Å². The van der Waals surface area contributed by atoms with Gasteiger partial charge in [-0.05, 0) is 43.5 Å². The molecule has 4 heteroatoms. The van der Waals surface area contributed by atoms with Crippen LogP contribution in [-0.4, -0.2) is 23.0 Å². The van der Waals surface area contributed by atoms with Gasteiger partial charge in [0, 0.05) is 11.6 Å². The molecule has 16 heavy (non-hydrogen) atoms. The van der Waals surface area contributed by atoms with Gasteiger partial charge in [-0.25, -0.2) is 4.79 Å². The summed E-state index contributed by atoms with van der Waals surface area (Å²) in [5, 5.41) is 11.6. The number of hydrogen-bond donors (Lipinski definition) is 2. The minimum absolute atomic E-state index is 0.123. The number of nitrogens with one attached hydrogen (secondary N) is 1. The number of aromatic carboxylic acids is 1. The van der Waals surface area contributed by atoms with Crippen LogP contribution in [0.4, 0.5) is 0 Å². The standard InChI is InChI=1S/C12H13NO3/c14-11(13-10-2-1-3-10)8-4-6-9(7-5-8)12(15)16/h4-7,10H,1-3H2,(H,13,14)(H,15,16). The van der Waals surface area contributed by atoms with E-state index >= 15 is 0 Å². The smallest absolute Gasteiger partial charge is 0.335 e. The number of hydrogen-bond acceptors (Lipinski definition) is 2. The van der Waals surface area contributed by atoms with Crippen molar-refractivity contribution in [2.45, 2.75) is 25.3 Å². The highest BCUT2D eigenvalue weighted by molar-refractivity contribution is 5.96. The van der Waals surface area contributed by atoms with Crippen molar-refractivity contribution in [3.8, 4) is 0 Å². The molecule has 1 amide bonds. The van der Waals surface area contributed by atoms with Gasteiger partial charge in [0.1, 0.15) is 0 Å². The molecule has 0 aromatic heterocycles. The van der Waals surface area contributed by atoms with Crippen LogP contribution in [0.1, 0.15) is 40.0 Å². The van der Waals surface area contributed by atoms with Crippen LogP contribution in [0.15, 0.2) is 24.3 Å². The zero-order chi connectivity index (χ0) is 11.5. The molecular formula is C12H13NO3. The van der Waals surface area contributed by atoms with Gasteiger partial charge in [0.05, 0.1) is 5.56 Å². The molecule has 2 N–H and O–H groups in total. The lowest BCUT2D eigenvalue weighted by Gasteiger charge is -2.26. The van der Waals surface area contributed by atoms with Gasteiger partial charge in [0.25, 0.3) is 5.91 Å². The summed E-state index contributed by atoms with van der Waals surface area (Å²) in [6.45, 7) is 0. The van der Waals surface area contributed by atoms with Gasteiger partial charge in [-0.15, -0.1) is 0 Å². The number of rotatable bonds is 3. The van der Waals surface area contributed by atoms with E-state index in [1.807, 2.05) is 0 Å². The lowest BCUT2D eigenvalue weighted by molar-refractivity contribution is 0.0696. The Kier molecular flexibility index (Phi) is 2.90. The molecule has 0 aliphatic heterocycles. The average Bonchev–Trinajstić information content (AvgIpc) is 2.23. The van der Waals surface area contributed by atoms with Crippen LogP contribution in [0.5, 0.6) is 0 Å². The molecule has 0 spiro atoms. The van der Waals surface area contributed by atoms with Crippen molar-refractivity contribution in [3.05, 3.63) is 35.4 Å². The average molecular weight is 219 g/mol. The van der Waals surface area contributed by atoms with Crippen molar-refractivity contribution < 1.29 is 14.7 Å². The Morgan fingerprint density at radius 3 is 2.12 bits per heavy atom. The molecule has 0 bridgehead atoms. The monoisotopic (exact) mass is 219 g/mol. The van der Waals surface area contributed by atoms with Crippen LogP contribution in [0, 0.1) is 0 Å². The van der Waals surface area contributed by atoms with Gasteiger partial charge in [-0.1, -0.05) is 0 Å². The topological polar surface area (TPSA) is 66.4 Å². The first-order chi connectivity index (χ1) is 7.66. The minimum atomic E-state index is -0.981. The summed E-state index contributed by atoms with van der Waals surface area (Å²) in [5.74, 6) is -1.10. The van der Waals surface area contributed by atoms with Gasteiger partial charge < -0.3 is 10.4 Å². The number of benzene rings is 1. The van der Waals surface area contributed by atoms with E-state index in [-0.39, 0.29) is 11.5 Å². The van der Waals surface area contributed by atoms with E-state index < -0.39 is 5.97 Å². The maximum Gasteiger partial charge on any atom is 0.335 e. The third-order valence-corrected chi connectivity index (χ3v) is 2.83. The zero-order valence-electron chi connectivity index (χ0n) is 8.77. The summed E-state index contributed by atoms with van der Waals surface area (Å²) in [6, 6.07) is 6.26. The van der Waals surface area contributed by atoms with Crippen LogP contribution < -0.4 is 5.32 Å². The highest BCUT2D eigenvalue weighted by Gasteiger charge is 2.19. The van der Waals surface area contributed by atoms with E-state index in [2.05, 4.69) is 5.32 Å². The molecule has 0 heterocycles. The van der Waals surface area contributed by atoms with E-state index in [9.17, 15) is 9.59 Å². The van der Waals surface area contributed by atoms with Crippen molar-refractivity contribution in [3.63, 3.8) is 0 Å². The Hall–Kier alpha value is -1.84. The molecule has 0 atom stereocenters. The van der Waals surface area contributed by atoms with Gasteiger partial charge in [-0.2, -0.15) is 0 Å². The zero-order valence-corrected chi connectivity index (χ0v) is 8.77. The van der Waals surface area contributed by atoms with Gasteiger partial charge in [-0.3, -0.25) is 4.79 Å². The second-order valence-corrected chi connectivity index (χ2v) is 3.98. The molecule has 1 aromatic carbocycles. The molecule has 1 aliphatic rings.